The van der Waals surface area contributed by atoms with E-state index >= 15 is 0 Å². The largest absolute Gasteiger partial charge is 0.351 e. The quantitative estimate of drug-likeness (QED) is 0.185. The maximum absolute atomic E-state index is 10.9. The molecule has 1 N–H and O–H groups in total. The lowest BCUT2D eigenvalue weighted by Gasteiger charge is -2.29. The summed E-state index contributed by atoms with van der Waals surface area (Å²) in [6.45, 7) is 2.99. The molecule has 0 radical (unpaired) electrons. The number of nitro benzene ring substituents is 1. The van der Waals surface area contributed by atoms with E-state index in [0.29, 0.717) is 5.11 Å². The monoisotopic (exact) mass is 501 g/mol. The molecule has 1 aliphatic rings. The van der Waals surface area contributed by atoms with Crippen LogP contribution >= 0.6 is 24.0 Å². The molecule has 1 aliphatic heterocycles. The molecular weight excluding hydrogens is 478 g/mol. The van der Waals surface area contributed by atoms with Crippen LogP contribution in [0.25, 0.3) is 0 Å². The number of nitro groups is 1. The molecule has 4 aromatic rings. The zero-order valence-electron chi connectivity index (χ0n) is 18.9. The summed E-state index contributed by atoms with van der Waals surface area (Å²) < 4.78 is 2.24. The Hall–Kier alpha value is -3.69. The minimum Gasteiger partial charge on any atom is -0.351 e. The molecule has 3 heterocycles. The van der Waals surface area contributed by atoms with Gasteiger partial charge in [-0.1, -0.05) is 17.8 Å². The SMILES string of the molecule is CCn1cccc1[C@@H]1[C@H](c2ccccn2)NC(=S)N1c1ccc(Sc2ccc([N+](=O)[O-])cc2)cc1. The lowest BCUT2D eigenvalue weighted by atomic mass is 10.0. The highest BCUT2D eigenvalue weighted by atomic mass is 32.2. The summed E-state index contributed by atoms with van der Waals surface area (Å²) in [7, 11) is 0. The molecule has 35 heavy (non-hydrogen) atoms. The Morgan fingerprint density at radius 2 is 1.74 bits per heavy atom. The Balaban J connectivity index is 1.45. The van der Waals surface area contributed by atoms with Crippen LogP contribution in [0.2, 0.25) is 0 Å². The van der Waals surface area contributed by atoms with Crippen molar-refractivity contribution in [2.24, 2.45) is 0 Å². The van der Waals surface area contributed by atoms with E-state index in [1.807, 2.05) is 36.5 Å². The third-order valence-corrected chi connectivity index (χ3v) is 7.33. The fourth-order valence-electron chi connectivity index (χ4n) is 4.36. The molecule has 5 rings (SSSR count). The Kier molecular flexibility index (Phi) is 6.52. The van der Waals surface area contributed by atoms with E-state index in [9.17, 15) is 10.1 Å². The van der Waals surface area contributed by atoms with Crippen LogP contribution in [-0.4, -0.2) is 19.6 Å². The van der Waals surface area contributed by atoms with Crippen LogP contribution in [0.1, 0.15) is 30.4 Å². The molecule has 7 nitrogen and oxygen atoms in total. The summed E-state index contributed by atoms with van der Waals surface area (Å²) in [5, 5.41) is 15.1. The molecule has 0 spiro atoms. The molecule has 0 unspecified atom stereocenters. The number of benzene rings is 2. The van der Waals surface area contributed by atoms with Crippen molar-refractivity contribution >= 4 is 40.5 Å². The number of nitrogens with zero attached hydrogens (tertiary/aromatic N) is 4. The molecule has 2 aromatic carbocycles. The summed E-state index contributed by atoms with van der Waals surface area (Å²) in [6.07, 6.45) is 3.90. The number of hydrogen-bond acceptors (Lipinski definition) is 5. The summed E-state index contributed by atoms with van der Waals surface area (Å²) in [5.74, 6) is 0. The number of rotatable bonds is 7. The highest BCUT2D eigenvalue weighted by Crippen LogP contribution is 2.42. The lowest BCUT2D eigenvalue weighted by molar-refractivity contribution is -0.384. The van der Waals surface area contributed by atoms with Gasteiger partial charge < -0.3 is 14.8 Å². The Morgan fingerprint density at radius 1 is 1.03 bits per heavy atom. The molecule has 0 amide bonds. The minimum absolute atomic E-state index is 0.0551. The van der Waals surface area contributed by atoms with Gasteiger partial charge in [-0.25, -0.2) is 0 Å². The van der Waals surface area contributed by atoms with Gasteiger partial charge in [0.15, 0.2) is 5.11 Å². The first kappa shape index (κ1) is 23.1. The molecule has 1 fully saturated rings. The van der Waals surface area contributed by atoms with E-state index in [-0.39, 0.29) is 22.7 Å². The van der Waals surface area contributed by atoms with Gasteiger partial charge in [-0.3, -0.25) is 15.1 Å². The molecule has 0 saturated carbocycles. The van der Waals surface area contributed by atoms with E-state index in [0.717, 1.165) is 27.7 Å². The predicted molar refractivity (Wildman–Crippen MR) is 142 cm³/mol. The summed E-state index contributed by atoms with van der Waals surface area (Å²) in [5.41, 5.74) is 3.18. The number of hydrogen-bond donors (Lipinski definition) is 1. The summed E-state index contributed by atoms with van der Waals surface area (Å²) in [6, 6.07) is 24.8. The zero-order valence-corrected chi connectivity index (χ0v) is 20.6. The van der Waals surface area contributed by atoms with E-state index in [4.69, 9.17) is 12.2 Å². The normalized spacial score (nSPS) is 17.4. The number of nitrogens with one attached hydrogen (secondary N) is 1. The number of anilines is 1. The maximum Gasteiger partial charge on any atom is 0.269 e. The average molecular weight is 502 g/mol. The van der Waals surface area contributed by atoms with Crippen LogP contribution in [-0.2, 0) is 6.54 Å². The number of pyridine rings is 1. The van der Waals surface area contributed by atoms with Crippen LogP contribution in [0, 0.1) is 10.1 Å². The van der Waals surface area contributed by atoms with Crippen molar-refractivity contribution in [3.63, 3.8) is 0 Å². The van der Waals surface area contributed by atoms with Gasteiger partial charge in [0, 0.05) is 52.2 Å². The van der Waals surface area contributed by atoms with E-state index in [2.05, 4.69) is 57.2 Å². The van der Waals surface area contributed by atoms with Crippen LogP contribution in [0.3, 0.4) is 0 Å². The molecule has 0 aliphatic carbocycles. The smallest absolute Gasteiger partial charge is 0.269 e. The van der Waals surface area contributed by atoms with Gasteiger partial charge in [-0.15, -0.1) is 0 Å². The fraction of sp³-hybridized carbons (Fsp3) is 0.154. The molecule has 1 saturated heterocycles. The standard InChI is InChI=1S/C26H23N5O2S2/c1-2-29-17-5-7-23(29)25-24(22-6-3-4-16-27-22)28-26(34)30(25)18-8-12-20(13-9-18)35-21-14-10-19(11-15-21)31(32)33/h3-17,24-25H,2H2,1H3,(H,28,34)/t24-,25+/m0/s1. The maximum atomic E-state index is 10.9. The van der Waals surface area contributed by atoms with Crippen molar-refractivity contribution in [1.29, 1.82) is 0 Å². The number of non-ortho nitro benzene ring substituents is 1. The first-order chi connectivity index (χ1) is 17.0. The van der Waals surface area contributed by atoms with Gasteiger partial charge in [0.1, 0.15) is 6.04 Å². The Bertz CT molecular complexity index is 1340. The number of thiocarbonyl (C=S) groups is 1. The second-order valence-corrected chi connectivity index (χ2v) is 9.60. The highest BCUT2D eigenvalue weighted by molar-refractivity contribution is 7.99. The van der Waals surface area contributed by atoms with Crippen LogP contribution < -0.4 is 10.2 Å². The van der Waals surface area contributed by atoms with Gasteiger partial charge in [0.05, 0.1) is 16.7 Å². The third kappa shape index (κ3) is 4.65. The van der Waals surface area contributed by atoms with Gasteiger partial charge in [-0.2, -0.15) is 0 Å². The van der Waals surface area contributed by atoms with Crippen molar-refractivity contribution in [2.45, 2.75) is 35.3 Å². The second kappa shape index (κ2) is 9.89. The molecule has 2 aromatic heterocycles. The Labute approximate surface area is 213 Å². The molecule has 176 valence electrons. The van der Waals surface area contributed by atoms with Crippen molar-refractivity contribution in [3.8, 4) is 0 Å². The predicted octanol–water partition coefficient (Wildman–Crippen LogP) is 6.14. The van der Waals surface area contributed by atoms with Gasteiger partial charge in [0.2, 0.25) is 0 Å². The number of aromatic nitrogens is 2. The van der Waals surface area contributed by atoms with Crippen LogP contribution in [0.4, 0.5) is 11.4 Å². The topological polar surface area (TPSA) is 76.2 Å². The Morgan fingerprint density at radius 3 is 2.37 bits per heavy atom. The average Bonchev–Trinajstić information content (AvgIpc) is 3.49. The highest BCUT2D eigenvalue weighted by Gasteiger charge is 2.41. The minimum atomic E-state index is -0.389. The zero-order chi connectivity index (χ0) is 24.4. The molecule has 9 heteroatoms. The van der Waals surface area contributed by atoms with E-state index in [1.165, 1.54) is 17.8 Å². The lowest BCUT2D eigenvalue weighted by Crippen LogP contribution is -2.30. The van der Waals surface area contributed by atoms with E-state index in [1.54, 1.807) is 23.9 Å². The third-order valence-electron chi connectivity index (χ3n) is 6.00. The van der Waals surface area contributed by atoms with Crippen molar-refractivity contribution < 1.29 is 4.92 Å². The molecule has 0 bridgehead atoms. The van der Waals surface area contributed by atoms with Crippen LogP contribution in [0.5, 0.6) is 0 Å². The van der Waals surface area contributed by atoms with Crippen LogP contribution in [0.15, 0.2) is 101 Å². The van der Waals surface area contributed by atoms with Gasteiger partial charge in [-0.05, 0) is 79.8 Å². The van der Waals surface area contributed by atoms with Gasteiger partial charge in [0.25, 0.3) is 5.69 Å². The van der Waals surface area contributed by atoms with E-state index < -0.39 is 0 Å². The molecular formula is C26H23N5O2S2. The van der Waals surface area contributed by atoms with Crippen molar-refractivity contribution in [1.82, 2.24) is 14.9 Å². The molecule has 2 atom stereocenters. The first-order valence-electron chi connectivity index (χ1n) is 11.2. The number of aryl methyl sites for hydroxylation is 1. The summed E-state index contributed by atoms with van der Waals surface area (Å²) in [4.78, 5) is 19.3. The second-order valence-electron chi connectivity index (χ2n) is 8.06. The van der Waals surface area contributed by atoms with Crippen molar-refractivity contribution in [3.05, 3.63) is 113 Å². The fourth-order valence-corrected chi connectivity index (χ4v) is 5.53. The first-order valence-corrected chi connectivity index (χ1v) is 12.5. The van der Waals surface area contributed by atoms with Crippen molar-refractivity contribution in [2.75, 3.05) is 4.90 Å². The van der Waals surface area contributed by atoms with Gasteiger partial charge >= 0.3 is 0 Å². The summed E-state index contributed by atoms with van der Waals surface area (Å²) >= 11 is 7.38.